The van der Waals surface area contributed by atoms with Crippen molar-refractivity contribution < 1.29 is 14.1 Å². The number of aryl methyl sites for hydroxylation is 3. The van der Waals surface area contributed by atoms with E-state index in [-0.39, 0.29) is 12.0 Å². The molecule has 1 atom stereocenters. The van der Waals surface area contributed by atoms with Gasteiger partial charge in [-0.1, -0.05) is 29.4 Å². The van der Waals surface area contributed by atoms with Crippen LogP contribution < -0.4 is 5.32 Å². The van der Waals surface area contributed by atoms with Crippen LogP contribution in [0.3, 0.4) is 0 Å². The third-order valence-electron chi connectivity index (χ3n) is 4.50. The van der Waals surface area contributed by atoms with Crippen molar-refractivity contribution in [3.63, 3.8) is 0 Å². The van der Waals surface area contributed by atoms with Crippen molar-refractivity contribution in [3.8, 4) is 0 Å². The molecule has 1 heterocycles. The van der Waals surface area contributed by atoms with Crippen LogP contribution >= 0.6 is 0 Å². The third kappa shape index (κ3) is 3.67. The fourth-order valence-electron chi connectivity index (χ4n) is 3.28. The van der Waals surface area contributed by atoms with Gasteiger partial charge in [-0.15, -0.1) is 0 Å². The standard InChI is InChI=1S/C19H24N2O3/c1-13-18(14(2)24-21-13)19(22)20-11-6-12-23-17-10-5-8-15-7-3-4-9-16(15)17/h3-4,7,9,17H,5-6,8,10-12H2,1-2H3,(H,20,22). The zero-order valence-corrected chi connectivity index (χ0v) is 14.3. The van der Waals surface area contributed by atoms with E-state index in [1.54, 1.807) is 13.8 Å². The minimum Gasteiger partial charge on any atom is -0.373 e. The van der Waals surface area contributed by atoms with Gasteiger partial charge in [0, 0.05) is 13.2 Å². The summed E-state index contributed by atoms with van der Waals surface area (Å²) in [6.07, 6.45) is 4.36. The topological polar surface area (TPSA) is 64.4 Å². The van der Waals surface area contributed by atoms with Crippen molar-refractivity contribution in [1.29, 1.82) is 0 Å². The van der Waals surface area contributed by atoms with Crippen molar-refractivity contribution in [2.45, 2.75) is 45.6 Å². The Bertz CT molecular complexity index is 689. The Hall–Kier alpha value is -2.14. The van der Waals surface area contributed by atoms with Gasteiger partial charge >= 0.3 is 0 Å². The number of carbonyl (C=O) groups is 1. The van der Waals surface area contributed by atoms with Gasteiger partial charge in [-0.05, 0) is 50.7 Å². The maximum absolute atomic E-state index is 12.1. The summed E-state index contributed by atoms with van der Waals surface area (Å²) in [5, 5.41) is 6.71. The van der Waals surface area contributed by atoms with E-state index in [1.807, 2.05) is 0 Å². The predicted octanol–water partition coefficient (Wildman–Crippen LogP) is 3.51. The molecule has 0 radical (unpaired) electrons. The second-order valence-electron chi connectivity index (χ2n) is 6.26. The van der Waals surface area contributed by atoms with Crippen LogP contribution in [0.5, 0.6) is 0 Å². The number of hydrogen-bond donors (Lipinski definition) is 1. The quantitative estimate of drug-likeness (QED) is 0.824. The van der Waals surface area contributed by atoms with E-state index >= 15 is 0 Å². The van der Waals surface area contributed by atoms with Gasteiger partial charge in [0.1, 0.15) is 11.3 Å². The second kappa shape index (κ2) is 7.62. The summed E-state index contributed by atoms with van der Waals surface area (Å²) in [6.45, 7) is 4.74. The summed E-state index contributed by atoms with van der Waals surface area (Å²) >= 11 is 0. The summed E-state index contributed by atoms with van der Waals surface area (Å²) in [5.74, 6) is 0.425. The molecule has 0 spiro atoms. The summed E-state index contributed by atoms with van der Waals surface area (Å²) in [6, 6.07) is 8.52. The predicted molar refractivity (Wildman–Crippen MR) is 91.0 cm³/mol. The fraction of sp³-hybridized carbons (Fsp3) is 0.474. The van der Waals surface area contributed by atoms with E-state index in [4.69, 9.17) is 9.26 Å². The molecule has 5 nitrogen and oxygen atoms in total. The monoisotopic (exact) mass is 328 g/mol. The Morgan fingerprint density at radius 1 is 1.38 bits per heavy atom. The molecule has 1 amide bonds. The first kappa shape index (κ1) is 16.7. The molecule has 0 saturated heterocycles. The fourth-order valence-corrected chi connectivity index (χ4v) is 3.28. The van der Waals surface area contributed by atoms with Gasteiger partial charge < -0.3 is 14.6 Å². The molecule has 24 heavy (non-hydrogen) atoms. The van der Waals surface area contributed by atoms with Crippen molar-refractivity contribution in [1.82, 2.24) is 10.5 Å². The molecule has 1 aliphatic carbocycles. The third-order valence-corrected chi connectivity index (χ3v) is 4.50. The van der Waals surface area contributed by atoms with E-state index in [0.717, 1.165) is 19.3 Å². The van der Waals surface area contributed by atoms with Crippen molar-refractivity contribution in [2.75, 3.05) is 13.2 Å². The first-order valence-corrected chi connectivity index (χ1v) is 8.57. The number of hydrogen-bond acceptors (Lipinski definition) is 4. The van der Waals surface area contributed by atoms with Gasteiger partial charge in [-0.25, -0.2) is 0 Å². The highest BCUT2D eigenvalue weighted by Gasteiger charge is 2.20. The first-order chi connectivity index (χ1) is 11.7. The normalized spacial score (nSPS) is 16.7. The molecule has 1 unspecified atom stereocenters. The molecule has 0 saturated carbocycles. The lowest BCUT2D eigenvalue weighted by molar-refractivity contribution is 0.0393. The number of aromatic nitrogens is 1. The molecule has 1 aromatic heterocycles. The van der Waals surface area contributed by atoms with Gasteiger partial charge in [-0.3, -0.25) is 4.79 Å². The SMILES string of the molecule is Cc1noc(C)c1C(=O)NCCCOC1CCCc2ccccc21. The summed E-state index contributed by atoms with van der Waals surface area (Å²) < 4.78 is 11.1. The van der Waals surface area contributed by atoms with E-state index < -0.39 is 0 Å². The minimum absolute atomic E-state index is 0.130. The number of amides is 1. The highest BCUT2D eigenvalue weighted by atomic mass is 16.5. The largest absolute Gasteiger partial charge is 0.373 e. The molecule has 0 bridgehead atoms. The lowest BCUT2D eigenvalue weighted by atomic mass is 9.89. The van der Waals surface area contributed by atoms with E-state index in [2.05, 4.69) is 34.7 Å². The molecule has 128 valence electrons. The molecule has 5 heteroatoms. The first-order valence-electron chi connectivity index (χ1n) is 8.57. The summed E-state index contributed by atoms with van der Waals surface area (Å²) in [5.41, 5.74) is 3.89. The minimum atomic E-state index is -0.130. The number of carbonyl (C=O) groups excluding carboxylic acids is 1. The second-order valence-corrected chi connectivity index (χ2v) is 6.26. The van der Waals surface area contributed by atoms with Gasteiger partial charge in [0.2, 0.25) is 0 Å². The van der Waals surface area contributed by atoms with E-state index in [1.165, 1.54) is 17.5 Å². The van der Waals surface area contributed by atoms with Gasteiger partial charge in [0.15, 0.2) is 0 Å². The summed E-state index contributed by atoms with van der Waals surface area (Å²) in [7, 11) is 0. The maximum atomic E-state index is 12.1. The van der Waals surface area contributed by atoms with Crippen molar-refractivity contribution in [3.05, 3.63) is 52.4 Å². The van der Waals surface area contributed by atoms with Crippen LogP contribution in [0.1, 0.15) is 58.3 Å². The number of nitrogens with one attached hydrogen (secondary N) is 1. The smallest absolute Gasteiger partial charge is 0.256 e. The molecule has 0 aliphatic heterocycles. The molecular formula is C19H24N2O3. The van der Waals surface area contributed by atoms with E-state index in [0.29, 0.717) is 30.2 Å². The Morgan fingerprint density at radius 3 is 3.00 bits per heavy atom. The van der Waals surface area contributed by atoms with Crippen molar-refractivity contribution >= 4 is 5.91 Å². The molecule has 0 fully saturated rings. The zero-order valence-electron chi connectivity index (χ0n) is 14.3. The average Bonchev–Trinajstić information content (AvgIpc) is 2.93. The molecular weight excluding hydrogens is 304 g/mol. The Morgan fingerprint density at radius 2 is 2.21 bits per heavy atom. The number of ether oxygens (including phenoxy) is 1. The molecule has 3 rings (SSSR count). The average molecular weight is 328 g/mol. The zero-order chi connectivity index (χ0) is 16.9. The van der Waals surface area contributed by atoms with Crippen LogP contribution in [-0.4, -0.2) is 24.2 Å². The van der Waals surface area contributed by atoms with Crippen LogP contribution in [0, 0.1) is 13.8 Å². The van der Waals surface area contributed by atoms with Gasteiger partial charge in [0.25, 0.3) is 5.91 Å². The van der Waals surface area contributed by atoms with Crippen LogP contribution in [-0.2, 0) is 11.2 Å². The number of nitrogens with zero attached hydrogens (tertiary/aromatic N) is 1. The van der Waals surface area contributed by atoms with E-state index in [9.17, 15) is 4.79 Å². The van der Waals surface area contributed by atoms with Crippen LogP contribution in [0.15, 0.2) is 28.8 Å². The maximum Gasteiger partial charge on any atom is 0.256 e. The molecule has 1 N–H and O–H groups in total. The molecule has 1 aliphatic rings. The van der Waals surface area contributed by atoms with Crippen LogP contribution in [0.4, 0.5) is 0 Å². The Kier molecular flexibility index (Phi) is 5.30. The Balaban J connectivity index is 1.43. The summed E-state index contributed by atoms with van der Waals surface area (Å²) in [4.78, 5) is 12.1. The van der Waals surface area contributed by atoms with Gasteiger partial charge in [-0.2, -0.15) is 0 Å². The molecule has 2 aromatic rings. The van der Waals surface area contributed by atoms with Crippen molar-refractivity contribution in [2.24, 2.45) is 0 Å². The lowest BCUT2D eigenvalue weighted by Crippen LogP contribution is -2.26. The molecule has 1 aromatic carbocycles. The number of rotatable bonds is 6. The number of fused-ring (bicyclic) bond motifs is 1. The highest BCUT2D eigenvalue weighted by Crippen LogP contribution is 2.32. The lowest BCUT2D eigenvalue weighted by Gasteiger charge is -2.25. The highest BCUT2D eigenvalue weighted by molar-refractivity contribution is 5.96. The van der Waals surface area contributed by atoms with Gasteiger partial charge in [0.05, 0.1) is 11.8 Å². The number of benzene rings is 1. The van der Waals surface area contributed by atoms with Crippen LogP contribution in [0.2, 0.25) is 0 Å². The van der Waals surface area contributed by atoms with Crippen LogP contribution in [0.25, 0.3) is 0 Å². The Labute approximate surface area is 142 Å².